The van der Waals surface area contributed by atoms with E-state index in [1.165, 1.54) is 99.2 Å². The summed E-state index contributed by atoms with van der Waals surface area (Å²) in [5, 5.41) is 5.08. The maximum Gasteiger partial charge on any atom is 0.119 e. The minimum Gasteiger partial charge on any atom is -0.497 e. The molecule has 0 unspecified atom stereocenters. The van der Waals surface area contributed by atoms with Crippen molar-refractivity contribution in [1.29, 1.82) is 0 Å². The minimum atomic E-state index is -0.631. The largest absolute Gasteiger partial charge is 0.497 e. The lowest BCUT2D eigenvalue weighted by Crippen LogP contribution is -2.26. The zero-order chi connectivity index (χ0) is 50.7. The van der Waals surface area contributed by atoms with Gasteiger partial charge in [0.25, 0.3) is 0 Å². The second-order valence-corrected chi connectivity index (χ2v) is 20.3. The molecule has 75 heavy (non-hydrogen) atoms. The number of anilines is 6. The number of ether oxygens (including phenoxy) is 2. The lowest BCUT2D eigenvalue weighted by atomic mass is 9.70. The molecule has 6 heteroatoms. The Hall–Kier alpha value is -9.00. The van der Waals surface area contributed by atoms with Crippen molar-refractivity contribution < 1.29 is 9.47 Å². The minimum absolute atomic E-state index is 0.631. The van der Waals surface area contributed by atoms with Gasteiger partial charge in [-0.15, -0.1) is 0 Å². The third-order valence-electron chi connectivity index (χ3n) is 16.4. The van der Waals surface area contributed by atoms with Crippen molar-refractivity contribution in [2.75, 3.05) is 24.0 Å². The molecule has 0 N–H and O–H groups in total. The fourth-order valence-electron chi connectivity index (χ4n) is 13.1. The fraction of sp³-hybridized carbons (Fsp3) is 0.130. The van der Waals surface area contributed by atoms with E-state index in [0.717, 1.165) is 58.7 Å². The summed E-state index contributed by atoms with van der Waals surface area (Å²) in [6.45, 7) is 10.6. The van der Waals surface area contributed by atoms with Crippen LogP contribution in [-0.4, -0.2) is 23.4 Å². The normalized spacial score (nSPS) is 12.9. The van der Waals surface area contributed by atoms with Gasteiger partial charge in [-0.1, -0.05) is 97.1 Å². The number of methoxy groups -OCH3 is 2. The summed E-state index contributed by atoms with van der Waals surface area (Å²) in [7, 11) is 3.46. The van der Waals surface area contributed by atoms with E-state index in [1.807, 2.05) is 0 Å². The first-order valence-electron chi connectivity index (χ1n) is 26.2. The van der Waals surface area contributed by atoms with Crippen molar-refractivity contribution >= 4 is 77.7 Å². The number of hydrogen-bond donors (Lipinski definition) is 0. The Balaban J connectivity index is 1.01. The average molecular weight is 973 g/mol. The summed E-state index contributed by atoms with van der Waals surface area (Å²) >= 11 is 0. The average Bonchev–Trinajstić information content (AvgIpc) is 4.34. The van der Waals surface area contributed by atoms with Crippen LogP contribution in [0.4, 0.5) is 34.1 Å². The molecule has 0 saturated carbocycles. The summed E-state index contributed by atoms with van der Waals surface area (Å²) in [6, 6.07) is 77.2. The molecular formula is C69H56N4O2. The molecule has 12 aromatic rings. The smallest absolute Gasteiger partial charge is 0.119 e. The quantitative estimate of drug-likeness (QED) is 0.137. The van der Waals surface area contributed by atoms with Gasteiger partial charge in [0.2, 0.25) is 0 Å². The molecule has 2 aliphatic carbocycles. The van der Waals surface area contributed by atoms with Gasteiger partial charge >= 0.3 is 0 Å². The van der Waals surface area contributed by atoms with Gasteiger partial charge in [-0.25, -0.2) is 0 Å². The summed E-state index contributed by atoms with van der Waals surface area (Å²) in [6.07, 6.45) is 0. The van der Waals surface area contributed by atoms with Crippen LogP contribution in [0.3, 0.4) is 0 Å². The van der Waals surface area contributed by atoms with Gasteiger partial charge in [-0.05, 0) is 193 Å². The summed E-state index contributed by atoms with van der Waals surface area (Å²) in [5.74, 6) is 1.64. The standard InChI is InChI=1S/C69H56N4O2/c1-7-70-65-37-43(3)17-31-57(65)59-35-25-49(41-67(59)70)72(45-19-27-51(74-5)28-20-45)47-23-33-55-56-34-24-48(40-64(56)69(63(55)39-47)61-15-11-9-13-53(61)54-14-10-12-16-62(54)69)73(46-21-29-52(75-6)30-22-46)50-26-36-60-58-32-18-44(4)38-66(58)71(8-2)68(60)42-50/h9-42H,7-8H2,1-6H3. The lowest BCUT2D eigenvalue weighted by Gasteiger charge is -2.33. The van der Waals surface area contributed by atoms with Crippen LogP contribution in [-0.2, 0) is 18.5 Å². The number of fused-ring (bicyclic) bond motifs is 16. The second-order valence-electron chi connectivity index (χ2n) is 20.3. The van der Waals surface area contributed by atoms with Gasteiger partial charge in [-0.2, -0.15) is 0 Å². The summed E-state index contributed by atoms with van der Waals surface area (Å²) in [4.78, 5) is 4.85. The van der Waals surface area contributed by atoms with E-state index in [9.17, 15) is 0 Å². The van der Waals surface area contributed by atoms with Gasteiger partial charge in [0, 0.05) is 79.8 Å². The van der Waals surface area contributed by atoms with Gasteiger partial charge in [0.05, 0.1) is 30.7 Å². The van der Waals surface area contributed by atoms with Crippen LogP contribution < -0.4 is 19.3 Å². The molecular weight excluding hydrogens is 917 g/mol. The highest BCUT2D eigenvalue weighted by Crippen LogP contribution is 2.64. The molecule has 0 aliphatic heterocycles. The highest BCUT2D eigenvalue weighted by Gasteiger charge is 2.52. The zero-order valence-electron chi connectivity index (χ0n) is 43.1. The number of nitrogens with zero attached hydrogens (tertiary/aromatic N) is 4. The molecule has 10 aromatic carbocycles. The highest BCUT2D eigenvalue weighted by molar-refractivity contribution is 6.11. The highest BCUT2D eigenvalue weighted by atomic mass is 16.5. The van der Waals surface area contributed by atoms with Crippen molar-refractivity contribution in [3.8, 4) is 33.8 Å². The molecule has 14 rings (SSSR count). The predicted octanol–water partition coefficient (Wildman–Crippen LogP) is 17.9. The Bertz CT molecular complexity index is 4000. The summed E-state index contributed by atoms with van der Waals surface area (Å²) in [5.41, 5.74) is 23.4. The summed E-state index contributed by atoms with van der Waals surface area (Å²) < 4.78 is 16.4. The molecule has 0 saturated heterocycles. The lowest BCUT2D eigenvalue weighted by molar-refractivity contribution is 0.414. The van der Waals surface area contributed by atoms with Crippen molar-refractivity contribution in [3.05, 3.63) is 240 Å². The molecule has 2 aromatic heterocycles. The first kappa shape index (κ1) is 44.7. The van der Waals surface area contributed by atoms with E-state index < -0.39 is 5.41 Å². The predicted molar refractivity (Wildman–Crippen MR) is 312 cm³/mol. The molecule has 2 aliphatic rings. The number of aryl methyl sites for hydroxylation is 4. The Labute approximate surface area is 437 Å². The van der Waals surface area contributed by atoms with Crippen molar-refractivity contribution in [2.45, 2.75) is 46.2 Å². The first-order valence-corrected chi connectivity index (χ1v) is 26.2. The van der Waals surface area contributed by atoms with E-state index in [4.69, 9.17) is 9.47 Å². The van der Waals surface area contributed by atoms with Crippen LogP contribution in [0.5, 0.6) is 11.5 Å². The van der Waals surface area contributed by atoms with Crippen molar-refractivity contribution in [2.24, 2.45) is 0 Å². The molecule has 1 spiro atoms. The van der Waals surface area contributed by atoms with E-state index in [0.29, 0.717) is 0 Å². The van der Waals surface area contributed by atoms with E-state index >= 15 is 0 Å². The molecule has 2 heterocycles. The SMILES string of the molecule is CCn1c2cc(C)ccc2c2ccc(N(c3ccc(OC)cc3)c3ccc4c(c3)C3(c5ccccc5-c5ccccc53)c3cc(N(c5ccc(OC)cc5)c5ccc6c7ccc(C)cc7n(CC)c6c5)ccc3-4)cc21. The van der Waals surface area contributed by atoms with E-state index in [2.05, 4.69) is 253 Å². The van der Waals surface area contributed by atoms with Gasteiger partial charge in [0.1, 0.15) is 11.5 Å². The Morgan fingerprint density at radius 3 is 1.08 bits per heavy atom. The Morgan fingerprint density at radius 2 is 0.680 bits per heavy atom. The third kappa shape index (κ3) is 6.51. The maximum absolute atomic E-state index is 5.72. The van der Waals surface area contributed by atoms with Crippen LogP contribution in [0.1, 0.15) is 47.2 Å². The molecule has 0 atom stereocenters. The van der Waals surface area contributed by atoms with E-state index in [1.54, 1.807) is 14.2 Å². The second kappa shape index (κ2) is 17.0. The molecule has 0 fully saturated rings. The topological polar surface area (TPSA) is 34.8 Å². The van der Waals surface area contributed by atoms with E-state index in [-0.39, 0.29) is 0 Å². The molecule has 0 amide bonds. The van der Waals surface area contributed by atoms with Crippen molar-refractivity contribution in [1.82, 2.24) is 9.13 Å². The fourth-order valence-corrected chi connectivity index (χ4v) is 13.1. The number of benzene rings is 10. The molecule has 6 nitrogen and oxygen atoms in total. The Morgan fingerprint density at radius 1 is 0.347 bits per heavy atom. The van der Waals surface area contributed by atoms with Crippen LogP contribution in [0.25, 0.3) is 65.9 Å². The van der Waals surface area contributed by atoms with Crippen molar-refractivity contribution in [3.63, 3.8) is 0 Å². The zero-order valence-corrected chi connectivity index (χ0v) is 43.1. The first-order chi connectivity index (χ1) is 36.8. The monoisotopic (exact) mass is 972 g/mol. The van der Waals surface area contributed by atoms with Crippen LogP contribution in [0.2, 0.25) is 0 Å². The molecule has 0 radical (unpaired) electrons. The van der Waals surface area contributed by atoms with Gasteiger partial charge < -0.3 is 28.4 Å². The number of hydrogen-bond acceptors (Lipinski definition) is 4. The van der Waals surface area contributed by atoms with Crippen LogP contribution in [0, 0.1) is 13.8 Å². The third-order valence-corrected chi connectivity index (χ3v) is 16.4. The molecule has 0 bridgehead atoms. The molecule has 364 valence electrons. The Kier molecular flexibility index (Phi) is 10.2. The van der Waals surface area contributed by atoms with Crippen LogP contribution >= 0.6 is 0 Å². The van der Waals surface area contributed by atoms with Gasteiger partial charge in [0.15, 0.2) is 0 Å². The van der Waals surface area contributed by atoms with Gasteiger partial charge in [-0.3, -0.25) is 0 Å². The number of rotatable bonds is 10. The van der Waals surface area contributed by atoms with Crippen LogP contribution in [0.15, 0.2) is 206 Å². The maximum atomic E-state index is 5.72. The number of aromatic nitrogens is 2.